The first-order valence-electron chi connectivity index (χ1n) is 7.63. The van der Waals surface area contributed by atoms with E-state index in [4.69, 9.17) is 5.11 Å². The van der Waals surface area contributed by atoms with Gasteiger partial charge in [-0.2, -0.15) is 0 Å². The van der Waals surface area contributed by atoms with Gasteiger partial charge < -0.3 is 15.7 Å². The molecular weight excluding hydrogens is 332 g/mol. The second kappa shape index (κ2) is 6.36. The van der Waals surface area contributed by atoms with E-state index in [2.05, 4.69) is 50.8 Å². The first kappa shape index (κ1) is 14.9. The van der Waals surface area contributed by atoms with Crippen molar-refractivity contribution in [3.05, 3.63) is 34.3 Å². The Bertz CT molecular complexity index is 498. The van der Waals surface area contributed by atoms with Crippen molar-refractivity contribution in [3.63, 3.8) is 0 Å². The highest BCUT2D eigenvalue weighted by atomic mass is 79.9. The molecule has 0 bridgehead atoms. The monoisotopic (exact) mass is 352 g/mol. The van der Waals surface area contributed by atoms with Crippen LogP contribution in [0.2, 0.25) is 0 Å². The van der Waals surface area contributed by atoms with Crippen LogP contribution in [0.4, 0.5) is 4.79 Å². The fourth-order valence-corrected chi connectivity index (χ4v) is 3.60. The van der Waals surface area contributed by atoms with E-state index in [0.717, 1.165) is 30.2 Å². The highest BCUT2D eigenvalue weighted by Crippen LogP contribution is 2.42. The van der Waals surface area contributed by atoms with Crippen molar-refractivity contribution in [1.29, 1.82) is 0 Å². The van der Waals surface area contributed by atoms with Gasteiger partial charge in [0.25, 0.3) is 0 Å². The van der Waals surface area contributed by atoms with E-state index in [1.807, 2.05) is 0 Å². The third-order valence-corrected chi connectivity index (χ3v) is 5.12. The molecule has 21 heavy (non-hydrogen) atoms. The van der Waals surface area contributed by atoms with Crippen molar-refractivity contribution >= 4 is 22.0 Å². The summed E-state index contributed by atoms with van der Waals surface area (Å²) in [4.78, 5) is 10.6. The van der Waals surface area contributed by atoms with Gasteiger partial charge in [-0.05, 0) is 49.8 Å². The molecule has 114 valence electrons. The summed E-state index contributed by atoms with van der Waals surface area (Å²) in [7, 11) is 0. The molecule has 0 saturated heterocycles. The van der Waals surface area contributed by atoms with Crippen molar-refractivity contribution in [1.82, 2.24) is 10.6 Å². The van der Waals surface area contributed by atoms with E-state index in [9.17, 15) is 4.79 Å². The van der Waals surface area contributed by atoms with E-state index >= 15 is 0 Å². The van der Waals surface area contributed by atoms with Crippen molar-refractivity contribution in [2.45, 2.75) is 56.1 Å². The maximum Gasteiger partial charge on any atom is 0.404 e. The lowest BCUT2D eigenvalue weighted by atomic mass is 9.91. The molecule has 2 atom stereocenters. The summed E-state index contributed by atoms with van der Waals surface area (Å²) in [5.41, 5.74) is 1.41. The van der Waals surface area contributed by atoms with Crippen LogP contribution in [0.25, 0.3) is 0 Å². The van der Waals surface area contributed by atoms with Crippen LogP contribution in [0.5, 0.6) is 0 Å². The zero-order chi connectivity index (χ0) is 14.8. The molecule has 5 heteroatoms. The largest absolute Gasteiger partial charge is 0.465 e. The average molecular weight is 353 g/mol. The molecule has 4 nitrogen and oxygen atoms in total. The molecule has 0 aromatic heterocycles. The van der Waals surface area contributed by atoms with Gasteiger partial charge in [0.05, 0.1) is 0 Å². The molecule has 0 spiro atoms. The van der Waals surface area contributed by atoms with Gasteiger partial charge in [0, 0.05) is 28.5 Å². The minimum absolute atomic E-state index is 0.141. The molecule has 1 aromatic carbocycles. The fourth-order valence-electron chi connectivity index (χ4n) is 3.34. The van der Waals surface area contributed by atoms with Crippen molar-refractivity contribution in [3.8, 4) is 0 Å². The summed E-state index contributed by atoms with van der Waals surface area (Å²) in [5, 5.41) is 15.1. The summed E-state index contributed by atoms with van der Waals surface area (Å²) in [6.07, 6.45) is 4.33. The number of hydrogen-bond acceptors (Lipinski definition) is 2. The van der Waals surface area contributed by atoms with Crippen molar-refractivity contribution < 1.29 is 9.90 Å². The molecule has 1 amide bonds. The quantitative estimate of drug-likeness (QED) is 0.777. The SMILES string of the molecule is O=C(O)NC1CCC(NC2CC2c2ccc(Br)cc2)CC1. The van der Waals surface area contributed by atoms with Crippen LogP contribution in [-0.4, -0.2) is 29.3 Å². The fraction of sp³-hybridized carbons (Fsp3) is 0.562. The van der Waals surface area contributed by atoms with Gasteiger partial charge in [-0.1, -0.05) is 28.1 Å². The molecule has 0 radical (unpaired) electrons. The third-order valence-electron chi connectivity index (χ3n) is 4.59. The zero-order valence-electron chi connectivity index (χ0n) is 11.9. The second-order valence-corrected chi connectivity index (χ2v) is 7.08. The number of carbonyl (C=O) groups is 1. The van der Waals surface area contributed by atoms with Crippen LogP contribution in [0.3, 0.4) is 0 Å². The predicted octanol–water partition coefficient (Wildman–Crippen LogP) is 3.47. The Morgan fingerprint density at radius 1 is 1.10 bits per heavy atom. The van der Waals surface area contributed by atoms with Crippen LogP contribution < -0.4 is 10.6 Å². The van der Waals surface area contributed by atoms with Gasteiger partial charge in [-0.15, -0.1) is 0 Å². The number of benzene rings is 1. The summed E-state index contributed by atoms with van der Waals surface area (Å²) in [5.74, 6) is 0.646. The van der Waals surface area contributed by atoms with Crippen LogP contribution in [0.15, 0.2) is 28.7 Å². The van der Waals surface area contributed by atoms with Crippen molar-refractivity contribution in [2.24, 2.45) is 0 Å². The minimum Gasteiger partial charge on any atom is -0.465 e. The van der Waals surface area contributed by atoms with Crippen LogP contribution >= 0.6 is 15.9 Å². The normalized spacial score (nSPS) is 31.7. The molecule has 3 rings (SSSR count). The smallest absolute Gasteiger partial charge is 0.404 e. The van der Waals surface area contributed by atoms with Crippen molar-refractivity contribution in [2.75, 3.05) is 0 Å². The second-order valence-electron chi connectivity index (χ2n) is 6.16. The first-order chi connectivity index (χ1) is 10.1. The Balaban J connectivity index is 1.43. The third kappa shape index (κ3) is 3.98. The molecule has 2 unspecified atom stereocenters. The molecule has 2 fully saturated rings. The summed E-state index contributed by atoms with van der Waals surface area (Å²) in [6, 6.07) is 9.89. The van der Waals surface area contributed by atoms with Gasteiger partial charge >= 0.3 is 6.09 Å². The number of carboxylic acid groups (broad SMARTS) is 1. The number of rotatable bonds is 4. The topological polar surface area (TPSA) is 61.4 Å². The molecule has 2 saturated carbocycles. The number of halogens is 1. The lowest BCUT2D eigenvalue weighted by Gasteiger charge is -2.29. The lowest BCUT2D eigenvalue weighted by Crippen LogP contribution is -2.42. The number of nitrogens with one attached hydrogen (secondary N) is 2. The highest BCUT2D eigenvalue weighted by Gasteiger charge is 2.39. The van der Waals surface area contributed by atoms with Gasteiger partial charge in [0.2, 0.25) is 0 Å². The van der Waals surface area contributed by atoms with Gasteiger partial charge in [0.1, 0.15) is 0 Å². The summed E-state index contributed by atoms with van der Waals surface area (Å²) < 4.78 is 1.13. The van der Waals surface area contributed by atoms with E-state index in [1.165, 1.54) is 12.0 Å². The Morgan fingerprint density at radius 3 is 2.33 bits per heavy atom. The van der Waals surface area contributed by atoms with E-state index < -0.39 is 6.09 Å². The average Bonchev–Trinajstić information content (AvgIpc) is 3.20. The van der Waals surface area contributed by atoms with E-state index in [-0.39, 0.29) is 6.04 Å². The summed E-state index contributed by atoms with van der Waals surface area (Å²) in [6.45, 7) is 0. The van der Waals surface area contributed by atoms with Crippen LogP contribution in [0, 0.1) is 0 Å². The lowest BCUT2D eigenvalue weighted by molar-refractivity contribution is 0.183. The summed E-state index contributed by atoms with van der Waals surface area (Å²) >= 11 is 3.47. The van der Waals surface area contributed by atoms with Gasteiger partial charge in [-0.25, -0.2) is 4.79 Å². The maximum absolute atomic E-state index is 10.6. The van der Waals surface area contributed by atoms with Crippen LogP contribution in [0.1, 0.15) is 43.6 Å². The Kier molecular flexibility index (Phi) is 4.50. The van der Waals surface area contributed by atoms with Crippen LogP contribution in [-0.2, 0) is 0 Å². The molecular formula is C16H21BrN2O2. The van der Waals surface area contributed by atoms with Gasteiger partial charge in [0.15, 0.2) is 0 Å². The predicted molar refractivity (Wildman–Crippen MR) is 85.6 cm³/mol. The standard InChI is InChI=1S/C16H21BrN2O2/c17-11-3-1-10(2-4-11)14-9-15(14)18-12-5-7-13(8-6-12)19-16(20)21/h1-4,12-15,18-19H,5-9H2,(H,20,21). The van der Waals surface area contributed by atoms with E-state index in [0.29, 0.717) is 18.0 Å². The zero-order valence-corrected chi connectivity index (χ0v) is 13.5. The van der Waals surface area contributed by atoms with Gasteiger partial charge in [-0.3, -0.25) is 0 Å². The Morgan fingerprint density at radius 2 is 1.71 bits per heavy atom. The number of amides is 1. The molecule has 2 aliphatic carbocycles. The van der Waals surface area contributed by atoms with E-state index in [1.54, 1.807) is 0 Å². The Labute approximate surface area is 133 Å². The molecule has 0 aliphatic heterocycles. The first-order valence-corrected chi connectivity index (χ1v) is 8.42. The molecule has 3 N–H and O–H groups in total. The molecule has 2 aliphatic rings. The number of hydrogen-bond donors (Lipinski definition) is 3. The minimum atomic E-state index is -0.899. The highest BCUT2D eigenvalue weighted by molar-refractivity contribution is 9.10. The molecule has 1 aromatic rings. The maximum atomic E-state index is 10.6. The molecule has 0 heterocycles. The Hall–Kier alpha value is -1.07.